The van der Waals surface area contributed by atoms with E-state index in [1.165, 1.54) is 0 Å². The zero-order valence-electron chi connectivity index (χ0n) is 19.4. The van der Waals surface area contributed by atoms with Crippen molar-refractivity contribution in [1.82, 2.24) is 0 Å². The van der Waals surface area contributed by atoms with Crippen molar-refractivity contribution in [3.8, 4) is 5.75 Å². The maximum absolute atomic E-state index is 14.0. The van der Waals surface area contributed by atoms with Gasteiger partial charge in [-0.25, -0.2) is 4.79 Å². The molecular formula is C30H23ClO4. The van der Waals surface area contributed by atoms with Crippen molar-refractivity contribution >= 4 is 28.4 Å². The summed E-state index contributed by atoms with van der Waals surface area (Å²) in [5.41, 5.74) is 0.826. The van der Waals surface area contributed by atoms with Crippen molar-refractivity contribution in [3.63, 3.8) is 0 Å². The predicted octanol–water partition coefficient (Wildman–Crippen LogP) is 6.82. The molecule has 0 radical (unpaired) electrons. The normalized spacial score (nSPS) is 20.8. The third-order valence-electron chi connectivity index (χ3n) is 7.06. The number of ether oxygens (including phenoxy) is 1. The minimum absolute atomic E-state index is 0.0340. The van der Waals surface area contributed by atoms with Crippen LogP contribution in [0.15, 0.2) is 99.4 Å². The molecule has 0 saturated heterocycles. The van der Waals surface area contributed by atoms with Gasteiger partial charge in [-0.3, -0.25) is 4.79 Å². The van der Waals surface area contributed by atoms with Gasteiger partial charge in [-0.15, -0.1) is 0 Å². The van der Waals surface area contributed by atoms with Crippen LogP contribution in [0, 0.1) is 5.41 Å². The second kappa shape index (κ2) is 7.69. The molecule has 2 heterocycles. The molecule has 0 spiro atoms. The fourth-order valence-electron chi connectivity index (χ4n) is 5.70. The second-order valence-corrected chi connectivity index (χ2v) is 10.5. The molecule has 0 bridgehead atoms. The van der Waals surface area contributed by atoms with Crippen LogP contribution in [0.2, 0.25) is 5.02 Å². The van der Waals surface area contributed by atoms with Crippen molar-refractivity contribution in [2.24, 2.45) is 5.41 Å². The Hall–Kier alpha value is -3.63. The van der Waals surface area contributed by atoms with Crippen LogP contribution in [0.5, 0.6) is 5.75 Å². The lowest BCUT2D eigenvalue weighted by Gasteiger charge is -2.45. The lowest BCUT2D eigenvalue weighted by Crippen LogP contribution is -2.46. The van der Waals surface area contributed by atoms with Gasteiger partial charge in [0.1, 0.15) is 22.7 Å². The van der Waals surface area contributed by atoms with Crippen molar-refractivity contribution in [2.75, 3.05) is 0 Å². The molecule has 1 atom stereocenters. The van der Waals surface area contributed by atoms with E-state index in [4.69, 9.17) is 20.8 Å². The summed E-state index contributed by atoms with van der Waals surface area (Å²) in [6.45, 7) is 4.13. The number of carbonyl (C=O) groups excluding carboxylic acids is 1. The van der Waals surface area contributed by atoms with Gasteiger partial charge in [0.25, 0.3) is 0 Å². The van der Waals surface area contributed by atoms with Crippen LogP contribution in [-0.4, -0.2) is 5.78 Å². The van der Waals surface area contributed by atoms with Crippen LogP contribution in [0.3, 0.4) is 0 Å². The van der Waals surface area contributed by atoms with Gasteiger partial charge < -0.3 is 9.15 Å². The Morgan fingerprint density at radius 1 is 0.800 bits per heavy atom. The number of allylic oxidation sites excluding steroid dienone is 2. The van der Waals surface area contributed by atoms with Crippen molar-refractivity contribution in [3.05, 3.63) is 122 Å². The van der Waals surface area contributed by atoms with Crippen LogP contribution in [0.4, 0.5) is 0 Å². The number of fused-ring (bicyclic) bond motifs is 3. The van der Waals surface area contributed by atoms with Crippen LogP contribution in [0.25, 0.3) is 11.0 Å². The van der Waals surface area contributed by atoms with E-state index in [9.17, 15) is 9.59 Å². The molecule has 5 heteroatoms. The molecule has 3 aromatic carbocycles. The van der Waals surface area contributed by atoms with E-state index in [1.54, 1.807) is 18.2 Å². The summed E-state index contributed by atoms with van der Waals surface area (Å²) >= 11 is 6.27. The average molecular weight is 483 g/mol. The van der Waals surface area contributed by atoms with E-state index in [1.807, 2.05) is 60.7 Å². The summed E-state index contributed by atoms with van der Waals surface area (Å²) in [6.07, 6.45) is 0.926. The van der Waals surface area contributed by atoms with Gasteiger partial charge >= 0.3 is 5.63 Å². The number of halogens is 1. The van der Waals surface area contributed by atoms with Crippen LogP contribution < -0.4 is 10.4 Å². The van der Waals surface area contributed by atoms with E-state index in [2.05, 4.69) is 13.8 Å². The van der Waals surface area contributed by atoms with Gasteiger partial charge in [0.05, 0.1) is 16.4 Å². The standard InChI is InChI=1S/C30H23ClO4/c1-29(2)16-22(32)25-24(17-29)34-27-21-10-6-7-11-23(21)35-28(33)26(27)30(25,18-8-4-3-5-9-18)19-12-14-20(31)15-13-19/h3-15H,16-17H2,1-2H3. The average Bonchev–Trinajstić information content (AvgIpc) is 2.83. The van der Waals surface area contributed by atoms with Crippen molar-refractivity contribution in [2.45, 2.75) is 32.1 Å². The van der Waals surface area contributed by atoms with Crippen LogP contribution in [-0.2, 0) is 10.2 Å². The first-order valence-electron chi connectivity index (χ1n) is 11.6. The highest BCUT2D eigenvalue weighted by Crippen LogP contribution is 2.56. The van der Waals surface area contributed by atoms with Crippen LogP contribution >= 0.6 is 11.6 Å². The first-order valence-corrected chi connectivity index (χ1v) is 12.0. The lowest BCUT2D eigenvalue weighted by molar-refractivity contribution is -0.119. The highest BCUT2D eigenvalue weighted by molar-refractivity contribution is 6.30. The van der Waals surface area contributed by atoms with Gasteiger partial charge in [0, 0.05) is 17.9 Å². The van der Waals surface area contributed by atoms with E-state index >= 15 is 0 Å². The van der Waals surface area contributed by atoms with Gasteiger partial charge in [-0.05, 0) is 40.8 Å². The monoisotopic (exact) mass is 482 g/mol. The summed E-state index contributed by atoms with van der Waals surface area (Å²) in [4.78, 5) is 27.8. The fraction of sp³-hybridized carbons (Fsp3) is 0.200. The molecule has 4 nitrogen and oxygen atoms in total. The molecule has 4 aromatic rings. The predicted molar refractivity (Wildman–Crippen MR) is 136 cm³/mol. The Morgan fingerprint density at radius 3 is 2.20 bits per heavy atom. The summed E-state index contributed by atoms with van der Waals surface area (Å²) < 4.78 is 12.4. The highest BCUT2D eigenvalue weighted by Gasteiger charge is 2.54. The molecule has 35 heavy (non-hydrogen) atoms. The molecule has 174 valence electrons. The number of hydrogen-bond acceptors (Lipinski definition) is 4. The Kier molecular flexibility index (Phi) is 4.81. The molecule has 2 aliphatic rings. The van der Waals surface area contributed by atoms with E-state index in [0.717, 1.165) is 11.1 Å². The Bertz CT molecular complexity index is 1580. The van der Waals surface area contributed by atoms with Gasteiger partial charge in [-0.2, -0.15) is 0 Å². The number of benzene rings is 3. The third kappa shape index (κ3) is 3.20. The molecule has 1 aromatic heterocycles. The van der Waals surface area contributed by atoms with Crippen LogP contribution in [0.1, 0.15) is 43.4 Å². The largest absolute Gasteiger partial charge is 0.460 e. The smallest absolute Gasteiger partial charge is 0.344 e. The van der Waals surface area contributed by atoms with E-state index in [0.29, 0.717) is 51.5 Å². The molecule has 0 N–H and O–H groups in total. The Labute approximate surface area is 207 Å². The summed E-state index contributed by atoms with van der Waals surface area (Å²) in [5, 5.41) is 1.26. The maximum Gasteiger partial charge on any atom is 0.344 e. The van der Waals surface area contributed by atoms with Gasteiger partial charge in [0.2, 0.25) is 0 Å². The number of carbonyl (C=O) groups is 1. The summed E-state index contributed by atoms with van der Waals surface area (Å²) in [5.74, 6) is 1.02. The molecule has 0 saturated carbocycles. The molecule has 6 rings (SSSR count). The van der Waals surface area contributed by atoms with E-state index < -0.39 is 11.0 Å². The number of hydrogen-bond donors (Lipinski definition) is 0. The number of Topliss-reactive ketones (excluding diaryl/α,β-unsaturated/α-hetero) is 1. The maximum atomic E-state index is 14.0. The van der Waals surface area contributed by atoms with Crippen molar-refractivity contribution in [1.29, 1.82) is 0 Å². The zero-order chi connectivity index (χ0) is 24.4. The summed E-state index contributed by atoms with van der Waals surface area (Å²) in [7, 11) is 0. The van der Waals surface area contributed by atoms with Gasteiger partial charge in [0.15, 0.2) is 5.78 Å². The Morgan fingerprint density at radius 2 is 1.46 bits per heavy atom. The van der Waals surface area contributed by atoms with E-state index in [-0.39, 0.29) is 11.2 Å². The SMILES string of the molecule is CC1(C)CC(=O)C2=C(C1)Oc1c(c(=O)oc3ccccc13)C2(c1ccccc1)c1ccc(Cl)cc1. The third-order valence-corrected chi connectivity index (χ3v) is 7.31. The topological polar surface area (TPSA) is 56.5 Å². The first-order chi connectivity index (χ1) is 16.8. The first kappa shape index (κ1) is 21.9. The minimum atomic E-state index is -1.20. The fourth-order valence-corrected chi connectivity index (χ4v) is 5.83. The molecular weight excluding hydrogens is 460 g/mol. The highest BCUT2D eigenvalue weighted by atomic mass is 35.5. The number of rotatable bonds is 2. The molecule has 1 aliphatic carbocycles. The molecule has 1 aliphatic heterocycles. The second-order valence-electron chi connectivity index (χ2n) is 10.1. The molecule has 0 amide bonds. The van der Waals surface area contributed by atoms with Crippen molar-refractivity contribution < 1.29 is 13.9 Å². The number of ketones is 1. The molecule has 0 fully saturated rings. The van der Waals surface area contributed by atoms with Gasteiger partial charge in [-0.1, -0.05) is 80.0 Å². The minimum Gasteiger partial charge on any atom is -0.460 e. The molecule has 1 unspecified atom stereocenters. The lowest BCUT2D eigenvalue weighted by atomic mass is 9.59. The summed E-state index contributed by atoms with van der Waals surface area (Å²) in [6, 6.07) is 24.4. The Balaban J connectivity index is 1.85. The zero-order valence-corrected chi connectivity index (χ0v) is 20.2. The number of para-hydroxylation sites is 1. The quantitative estimate of drug-likeness (QED) is 0.294.